The van der Waals surface area contributed by atoms with Gasteiger partial charge in [0.15, 0.2) is 11.4 Å². The molecular formula is C14H9BrN8O4. The summed E-state index contributed by atoms with van der Waals surface area (Å²) in [7, 11) is 0. The Morgan fingerprint density at radius 1 is 1.22 bits per heavy atom. The van der Waals surface area contributed by atoms with E-state index in [0.29, 0.717) is 0 Å². The van der Waals surface area contributed by atoms with E-state index in [4.69, 9.17) is 11.0 Å². The largest absolute Gasteiger partial charge is 0.369 e. The van der Waals surface area contributed by atoms with Crippen LogP contribution in [-0.4, -0.2) is 24.4 Å². The number of anilines is 1. The molecule has 0 aliphatic rings. The van der Waals surface area contributed by atoms with Crippen LogP contribution in [0.3, 0.4) is 0 Å². The van der Waals surface area contributed by atoms with E-state index in [-0.39, 0.29) is 63.1 Å². The van der Waals surface area contributed by atoms with Gasteiger partial charge in [0.05, 0.1) is 22.5 Å². The molecule has 0 bridgehead atoms. The molecule has 0 saturated carbocycles. The van der Waals surface area contributed by atoms with Gasteiger partial charge in [0, 0.05) is 17.7 Å². The average molecular weight is 433 g/mol. The van der Waals surface area contributed by atoms with Gasteiger partial charge in [-0.25, -0.2) is 4.98 Å². The molecule has 0 aliphatic carbocycles. The first-order chi connectivity index (χ1) is 12.3. The topological polar surface area (TPSA) is 200 Å². The highest BCUT2D eigenvalue weighted by atomic mass is 79.9. The van der Waals surface area contributed by atoms with Crippen LogP contribution in [-0.2, 0) is 6.54 Å². The second kappa shape index (κ2) is 7.11. The van der Waals surface area contributed by atoms with Crippen molar-refractivity contribution in [2.75, 3.05) is 5.73 Å². The van der Waals surface area contributed by atoms with Crippen LogP contribution in [0, 0.1) is 32.8 Å². The third-order valence-corrected chi connectivity index (χ3v) is 3.65. The summed E-state index contributed by atoms with van der Waals surface area (Å²) in [5.74, 6) is -0.149. The minimum atomic E-state index is -0.962. The fourth-order valence-electron chi connectivity index (χ4n) is 2.50. The standard InChI is InChI=1S/C14H8N8O4.BrH/c15-3-9-10(4-16)21(14(17)19-9)5-6-1-7(22(25)26)2-8-11(6)20-13(24)12(23)18-8;/h1-2H,5H2,(H2,17,19)(H,18,23)(H,20,24);1H. The van der Waals surface area contributed by atoms with Crippen molar-refractivity contribution in [1.82, 2.24) is 19.5 Å². The number of aromatic amines is 2. The number of benzene rings is 1. The molecule has 4 N–H and O–H groups in total. The Hall–Kier alpha value is -3.97. The summed E-state index contributed by atoms with van der Waals surface area (Å²) in [5.41, 5.74) is 3.53. The van der Waals surface area contributed by atoms with Gasteiger partial charge in [0.2, 0.25) is 5.95 Å². The smallest absolute Gasteiger partial charge is 0.314 e. The van der Waals surface area contributed by atoms with Crippen LogP contribution in [0.5, 0.6) is 0 Å². The highest BCUT2D eigenvalue weighted by Gasteiger charge is 2.19. The van der Waals surface area contributed by atoms with Crippen LogP contribution in [0.4, 0.5) is 11.6 Å². The Balaban J connectivity index is 0.00000261. The monoisotopic (exact) mass is 432 g/mol. The van der Waals surface area contributed by atoms with Crippen LogP contribution < -0.4 is 16.9 Å². The minimum absolute atomic E-state index is 0. The Bertz CT molecular complexity index is 1270. The lowest BCUT2D eigenvalue weighted by molar-refractivity contribution is -0.384. The Morgan fingerprint density at radius 3 is 2.48 bits per heavy atom. The van der Waals surface area contributed by atoms with E-state index in [9.17, 15) is 25.0 Å². The zero-order valence-corrected chi connectivity index (χ0v) is 14.9. The Kier molecular flexibility index (Phi) is 5.09. The average Bonchev–Trinajstić information content (AvgIpc) is 2.91. The number of aromatic nitrogens is 4. The zero-order valence-electron chi connectivity index (χ0n) is 13.2. The van der Waals surface area contributed by atoms with Gasteiger partial charge in [0.25, 0.3) is 5.69 Å². The van der Waals surface area contributed by atoms with Crippen molar-refractivity contribution >= 4 is 39.7 Å². The number of nitrogen functional groups attached to an aromatic ring is 1. The van der Waals surface area contributed by atoms with E-state index in [0.717, 1.165) is 6.07 Å². The van der Waals surface area contributed by atoms with Crippen molar-refractivity contribution in [3.05, 3.63) is 59.9 Å². The number of nitriles is 2. The number of hydrogen-bond donors (Lipinski definition) is 3. The summed E-state index contributed by atoms with van der Waals surface area (Å²) in [6.45, 7) is -0.191. The maximum Gasteiger partial charge on any atom is 0.314 e. The van der Waals surface area contributed by atoms with Gasteiger partial charge in [-0.15, -0.1) is 17.0 Å². The lowest BCUT2D eigenvalue weighted by Crippen LogP contribution is -2.29. The number of hydrogen-bond acceptors (Lipinski definition) is 8. The van der Waals surface area contributed by atoms with E-state index in [1.807, 2.05) is 0 Å². The number of H-pyrrole nitrogens is 2. The van der Waals surface area contributed by atoms with Gasteiger partial charge in [0.1, 0.15) is 12.1 Å². The Morgan fingerprint density at radius 2 is 1.89 bits per heavy atom. The first-order valence-electron chi connectivity index (χ1n) is 6.95. The number of rotatable bonds is 3. The number of nitrogens with one attached hydrogen (secondary N) is 2. The van der Waals surface area contributed by atoms with Crippen LogP contribution in [0.2, 0.25) is 0 Å². The number of nitrogens with two attached hydrogens (primary N) is 1. The first-order valence-corrected chi connectivity index (χ1v) is 6.95. The van der Waals surface area contributed by atoms with E-state index >= 15 is 0 Å². The van der Waals surface area contributed by atoms with Gasteiger partial charge >= 0.3 is 11.1 Å². The quantitative estimate of drug-likeness (QED) is 0.297. The number of nitro groups is 1. The zero-order chi connectivity index (χ0) is 19.0. The first kappa shape index (κ1) is 19.4. The van der Waals surface area contributed by atoms with Gasteiger partial charge in [-0.2, -0.15) is 10.5 Å². The molecule has 2 aromatic heterocycles. The highest BCUT2D eigenvalue weighted by Crippen LogP contribution is 2.24. The normalized spacial score (nSPS) is 10.0. The number of nitro benzene ring substituents is 1. The number of fused-ring (bicyclic) bond motifs is 1. The van der Waals surface area contributed by atoms with Crippen molar-refractivity contribution < 1.29 is 4.92 Å². The van der Waals surface area contributed by atoms with Gasteiger partial charge < -0.3 is 15.7 Å². The maximum absolute atomic E-state index is 11.6. The molecule has 0 atom stereocenters. The minimum Gasteiger partial charge on any atom is -0.369 e. The van der Waals surface area contributed by atoms with Gasteiger partial charge in [-0.1, -0.05) is 0 Å². The van der Waals surface area contributed by atoms with Crippen molar-refractivity contribution in [3.63, 3.8) is 0 Å². The molecule has 0 amide bonds. The molecule has 0 unspecified atom stereocenters. The molecule has 12 nitrogen and oxygen atoms in total. The fourth-order valence-corrected chi connectivity index (χ4v) is 2.50. The Labute approximate surface area is 159 Å². The molecule has 3 aromatic rings. The van der Waals surface area contributed by atoms with Gasteiger partial charge in [-0.3, -0.25) is 24.3 Å². The van der Waals surface area contributed by atoms with Crippen molar-refractivity contribution in [2.45, 2.75) is 6.54 Å². The predicted molar refractivity (Wildman–Crippen MR) is 97.3 cm³/mol. The number of imidazole rings is 1. The summed E-state index contributed by atoms with van der Waals surface area (Å²) in [6, 6.07) is 5.79. The molecule has 0 fully saturated rings. The van der Waals surface area contributed by atoms with Crippen LogP contribution in [0.15, 0.2) is 21.7 Å². The van der Waals surface area contributed by atoms with E-state index in [1.165, 1.54) is 10.6 Å². The lowest BCUT2D eigenvalue weighted by Gasteiger charge is -2.09. The molecule has 1 aromatic carbocycles. The van der Waals surface area contributed by atoms with E-state index in [1.54, 1.807) is 12.1 Å². The second-order valence-corrected chi connectivity index (χ2v) is 5.17. The second-order valence-electron chi connectivity index (χ2n) is 5.17. The molecule has 0 radical (unpaired) electrons. The van der Waals surface area contributed by atoms with E-state index < -0.39 is 16.0 Å². The molecule has 27 heavy (non-hydrogen) atoms. The number of non-ortho nitro benzene ring substituents is 1. The molecular weight excluding hydrogens is 424 g/mol. The number of halogens is 1. The summed E-state index contributed by atoms with van der Waals surface area (Å²) < 4.78 is 1.18. The predicted octanol–water partition coefficient (Wildman–Crippen LogP) is 0.273. The molecule has 0 spiro atoms. The molecule has 13 heteroatoms. The fraction of sp³-hybridized carbons (Fsp3) is 0.0714. The van der Waals surface area contributed by atoms with Crippen LogP contribution in [0.25, 0.3) is 11.0 Å². The van der Waals surface area contributed by atoms with Crippen molar-refractivity contribution in [2.24, 2.45) is 0 Å². The van der Waals surface area contributed by atoms with E-state index in [2.05, 4.69) is 15.0 Å². The van der Waals surface area contributed by atoms with Crippen molar-refractivity contribution in [3.8, 4) is 12.1 Å². The van der Waals surface area contributed by atoms with Gasteiger partial charge in [-0.05, 0) is 0 Å². The third kappa shape index (κ3) is 3.26. The summed E-state index contributed by atoms with van der Waals surface area (Å²) in [6.07, 6.45) is 0. The van der Waals surface area contributed by atoms with Crippen molar-refractivity contribution in [1.29, 1.82) is 10.5 Å². The molecule has 0 aliphatic heterocycles. The molecule has 0 saturated heterocycles. The summed E-state index contributed by atoms with van der Waals surface area (Å²) in [4.78, 5) is 42.0. The van der Waals surface area contributed by atoms with Crippen LogP contribution >= 0.6 is 17.0 Å². The molecule has 136 valence electrons. The molecule has 3 rings (SSSR count). The SMILES string of the molecule is Br.N#Cc1nc(N)n(Cc2cc([N+](=O)[O-])cc3[nH]c(=O)c(=O)[nH]c23)c1C#N. The third-order valence-electron chi connectivity index (χ3n) is 3.65. The molecule has 2 heterocycles. The summed E-state index contributed by atoms with van der Waals surface area (Å²) >= 11 is 0. The highest BCUT2D eigenvalue weighted by molar-refractivity contribution is 8.93. The van der Waals surface area contributed by atoms with Crippen LogP contribution in [0.1, 0.15) is 17.0 Å². The lowest BCUT2D eigenvalue weighted by atomic mass is 10.1. The maximum atomic E-state index is 11.6. The number of nitrogens with zero attached hydrogens (tertiary/aromatic N) is 5. The summed E-state index contributed by atoms with van der Waals surface area (Å²) in [5, 5.41) is 29.4.